The Morgan fingerprint density at radius 2 is 2.35 bits per heavy atom. The van der Waals surface area contributed by atoms with Gasteiger partial charge < -0.3 is 4.42 Å². The van der Waals surface area contributed by atoms with E-state index in [0.29, 0.717) is 16.5 Å². The van der Waals surface area contributed by atoms with E-state index in [2.05, 4.69) is 42.8 Å². The lowest BCUT2D eigenvalue weighted by Crippen LogP contribution is -2.47. The number of rotatable bonds is 4. The molecule has 2 rings (SSSR count). The highest BCUT2D eigenvalue weighted by Crippen LogP contribution is 2.37. The van der Waals surface area contributed by atoms with E-state index >= 15 is 0 Å². The molecule has 1 aromatic heterocycles. The van der Waals surface area contributed by atoms with Gasteiger partial charge in [-0.3, -0.25) is 11.3 Å². The Bertz CT molecular complexity index is 331. The molecule has 4 unspecified atom stereocenters. The monoisotopic (exact) mass is 272 g/mol. The van der Waals surface area contributed by atoms with Crippen LogP contribution in [0.1, 0.15) is 19.4 Å². The van der Waals surface area contributed by atoms with Gasteiger partial charge in [0.05, 0.1) is 12.5 Å². The zero-order chi connectivity index (χ0) is 12.3. The van der Waals surface area contributed by atoms with E-state index in [1.807, 2.05) is 6.07 Å². The summed E-state index contributed by atoms with van der Waals surface area (Å²) in [7, 11) is 0. The lowest BCUT2D eigenvalue weighted by atomic mass is 10.1. The summed E-state index contributed by atoms with van der Waals surface area (Å²) < 4.78 is 5.10. The Labute approximate surface area is 111 Å². The van der Waals surface area contributed by atoms with Crippen molar-refractivity contribution in [1.29, 1.82) is 0 Å². The fraction of sp³-hybridized carbons (Fsp3) is 0.667. The molecule has 0 amide bonds. The molecule has 0 bridgehead atoms. The summed E-state index contributed by atoms with van der Waals surface area (Å²) >= 11 is 4.11. The summed E-state index contributed by atoms with van der Waals surface area (Å²) in [6, 6.07) is 2.33. The van der Waals surface area contributed by atoms with Crippen LogP contribution in [0.25, 0.3) is 0 Å². The van der Waals surface area contributed by atoms with Crippen molar-refractivity contribution in [3.8, 4) is 0 Å². The van der Waals surface area contributed by atoms with Gasteiger partial charge in [0, 0.05) is 27.5 Å². The van der Waals surface area contributed by atoms with Crippen molar-refractivity contribution in [1.82, 2.24) is 5.43 Å². The Hall–Kier alpha value is -0.100. The van der Waals surface area contributed by atoms with Crippen molar-refractivity contribution in [2.45, 2.75) is 42.1 Å². The molecule has 4 atom stereocenters. The molecule has 2 heterocycles. The van der Waals surface area contributed by atoms with Gasteiger partial charge in [0.15, 0.2) is 0 Å². The topological polar surface area (TPSA) is 51.2 Å². The standard InChI is InChI=1S/C12H20N2OS2/c1-8-9(2)17-12(7-16-8)11(14-13)5-10-3-4-15-6-10/h3-4,6,8-9,11-12,14H,5,7,13H2,1-2H3. The second-order valence-corrected chi connectivity index (χ2v) is 7.56. The number of hydrogen-bond acceptors (Lipinski definition) is 5. The van der Waals surface area contributed by atoms with Crippen LogP contribution in [0.15, 0.2) is 23.0 Å². The summed E-state index contributed by atoms with van der Waals surface area (Å²) in [5.74, 6) is 6.87. The maximum Gasteiger partial charge on any atom is 0.0935 e. The van der Waals surface area contributed by atoms with Crippen molar-refractivity contribution in [2.75, 3.05) is 5.75 Å². The summed E-state index contributed by atoms with van der Waals surface area (Å²) in [6.45, 7) is 4.61. The van der Waals surface area contributed by atoms with Crippen molar-refractivity contribution < 1.29 is 4.42 Å². The third kappa shape index (κ3) is 3.44. The van der Waals surface area contributed by atoms with Crippen LogP contribution in [0.4, 0.5) is 0 Å². The van der Waals surface area contributed by atoms with Crippen molar-refractivity contribution in [3.05, 3.63) is 24.2 Å². The maximum absolute atomic E-state index is 5.70. The molecule has 1 fully saturated rings. The first kappa shape index (κ1) is 13.3. The molecular weight excluding hydrogens is 252 g/mol. The van der Waals surface area contributed by atoms with E-state index in [0.717, 1.165) is 11.7 Å². The first-order valence-corrected chi connectivity index (χ1v) is 7.94. The molecule has 3 N–H and O–H groups in total. The van der Waals surface area contributed by atoms with E-state index in [9.17, 15) is 0 Å². The molecule has 0 saturated carbocycles. The lowest BCUT2D eigenvalue weighted by molar-refractivity contribution is 0.513. The maximum atomic E-state index is 5.70. The van der Waals surface area contributed by atoms with E-state index in [1.54, 1.807) is 12.5 Å². The second kappa shape index (κ2) is 6.18. The Kier molecular flexibility index (Phi) is 4.85. The van der Waals surface area contributed by atoms with Crippen molar-refractivity contribution >= 4 is 23.5 Å². The molecule has 0 aliphatic carbocycles. The minimum absolute atomic E-state index is 0.319. The Morgan fingerprint density at radius 3 is 2.94 bits per heavy atom. The van der Waals surface area contributed by atoms with E-state index in [4.69, 9.17) is 10.3 Å². The number of thioether (sulfide) groups is 2. The van der Waals surface area contributed by atoms with Gasteiger partial charge in [0.25, 0.3) is 0 Å². The van der Waals surface area contributed by atoms with Crippen LogP contribution < -0.4 is 11.3 Å². The molecule has 96 valence electrons. The molecule has 0 aromatic carbocycles. The quantitative estimate of drug-likeness (QED) is 0.650. The van der Waals surface area contributed by atoms with Crippen LogP contribution in [-0.4, -0.2) is 27.5 Å². The first-order chi connectivity index (χ1) is 8.20. The van der Waals surface area contributed by atoms with Crippen LogP contribution in [0.2, 0.25) is 0 Å². The largest absolute Gasteiger partial charge is 0.472 e. The van der Waals surface area contributed by atoms with Crippen LogP contribution in [-0.2, 0) is 6.42 Å². The predicted molar refractivity (Wildman–Crippen MR) is 76.3 cm³/mol. The highest BCUT2D eigenvalue weighted by atomic mass is 32.2. The molecule has 17 heavy (non-hydrogen) atoms. The molecule has 5 heteroatoms. The smallest absolute Gasteiger partial charge is 0.0935 e. The van der Waals surface area contributed by atoms with Crippen LogP contribution in [0.3, 0.4) is 0 Å². The number of nitrogens with two attached hydrogens (primary N) is 1. The molecule has 0 spiro atoms. The normalized spacial score (nSPS) is 31.4. The van der Waals surface area contributed by atoms with Gasteiger partial charge in [-0.1, -0.05) is 13.8 Å². The molecular formula is C12H20N2OS2. The minimum atomic E-state index is 0.319. The lowest BCUT2D eigenvalue weighted by Gasteiger charge is -2.35. The van der Waals surface area contributed by atoms with Gasteiger partial charge in [0.2, 0.25) is 0 Å². The van der Waals surface area contributed by atoms with E-state index < -0.39 is 0 Å². The summed E-state index contributed by atoms with van der Waals surface area (Å²) in [6.07, 6.45) is 4.46. The van der Waals surface area contributed by atoms with Crippen molar-refractivity contribution in [2.24, 2.45) is 5.84 Å². The fourth-order valence-electron chi connectivity index (χ4n) is 1.98. The van der Waals surface area contributed by atoms with Gasteiger partial charge in [-0.2, -0.15) is 23.5 Å². The third-order valence-electron chi connectivity index (χ3n) is 3.27. The molecule has 0 radical (unpaired) electrons. The van der Waals surface area contributed by atoms with Gasteiger partial charge in [-0.25, -0.2) is 0 Å². The summed E-state index contributed by atoms with van der Waals surface area (Å²) in [4.78, 5) is 0. The molecule has 1 aliphatic heterocycles. The SMILES string of the molecule is CC1SCC(C(Cc2ccoc2)NN)SC1C. The first-order valence-electron chi connectivity index (χ1n) is 5.95. The minimum Gasteiger partial charge on any atom is -0.472 e. The highest BCUT2D eigenvalue weighted by Gasteiger charge is 2.30. The van der Waals surface area contributed by atoms with E-state index in [-0.39, 0.29) is 0 Å². The molecule has 3 nitrogen and oxygen atoms in total. The molecule has 1 aliphatic rings. The number of hydrazine groups is 1. The van der Waals surface area contributed by atoms with Gasteiger partial charge in [0.1, 0.15) is 0 Å². The van der Waals surface area contributed by atoms with Gasteiger partial charge in [-0.05, 0) is 18.1 Å². The van der Waals surface area contributed by atoms with Crippen LogP contribution in [0, 0.1) is 0 Å². The third-order valence-corrected chi connectivity index (χ3v) is 6.82. The summed E-state index contributed by atoms with van der Waals surface area (Å²) in [5.41, 5.74) is 4.18. The number of nitrogens with one attached hydrogen (secondary N) is 1. The predicted octanol–water partition coefficient (Wildman–Crippen LogP) is 2.28. The van der Waals surface area contributed by atoms with Crippen molar-refractivity contribution in [3.63, 3.8) is 0 Å². The molecule has 1 aromatic rings. The Balaban J connectivity index is 1.94. The second-order valence-electron chi connectivity index (χ2n) is 4.53. The van der Waals surface area contributed by atoms with Gasteiger partial charge >= 0.3 is 0 Å². The number of hydrogen-bond donors (Lipinski definition) is 2. The van der Waals surface area contributed by atoms with E-state index in [1.165, 1.54) is 11.3 Å². The van der Waals surface area contributed by atoms with Gasteiger partial charge in [-0.15, -0.1) is 0 Å². The van der Waals surface area contributed by atoms with Crippen LogP contribution >= 0.6 is 23.5 Å². The zero-order valence-corrected chi connectivity index (χ0v) is 11.9. The van der Waals surface area contributed by atoms with Crippen LogP contribution in [0.5, 0.6) is 0 Å². The average molecular weight is 272 g/mol. The average Bonchev–Trinajstić information content (AvgIpc) is 2.82. The highest BCUT2D eigenvalue weighted by molar-refractivity contribution is 8.07. The summed E-state index contributed by atoms with van der Waals surface area (Å²) in [5, 5.41) is 2.01. The number of furan rings is 1. The molecule has 1 saturated heterocycles. The Morgan fingerprint density at radius 1 is 1.53 bits per heavy atom. The zero-order valence-electron chi connectivity index (χ0n) is 10.3. The fourth-order valence-corrected chi connectivity index (χ4v) is 5.09.